The topological polar surface area (TPSA) is 37.3 Å². The molecule has 1 N–H and O–H groups in total. The summed E-state index contributed by atoms with van der Waals surface area (Å²) in [4.78, 5) is 10.4. The number of carboxylic acids is 1. The number of unbranched alkanes of at least 4 members (excludes halogenated alkanes) is 13. The maximum Gasteiger partial charge on any atom is 0.303 e. The van der Waals surface area contributed by atoms with Crippen molar-refractivity contribution in [3.63, 3.8) is 0 Å². The maximum absolute atomic E-state index is 10.4. The highest BCUT2D eigenvalue weighted by Crippen LogP contribution is 2.13. The van der Waals surface area contributed by atoms with E-state index in [0.717, 1.165) is 12.8 Å². The van der Waals surface area contributed by atoms with Gasteiger partial charge in [-0.1, -0.05) is 89.7 Å². The van der Waals surface area contributed by atoms with E-state index in [1.54, 1.807) is 0 Å². The number of hydrogen-bond donors (Lipinski definition) is 1. The summed E-state index contributed by atoms with van der Waals surface area (Å²) in [5.41, 5.74) is 0. The molecule has 0 spiro atoms. The van der Waals surface area contributed by atoms with Gasteiger partial charge in [-0.3, -0.25) is 4.79 Å². The molecule has 0 saturated heterocycles. The fourth-order valence-electron chi connectivity index (χ4n) is 2.71. The highest BCUT2D eigenvalue weighted by atomic mass is 16.4. The van der Waals surface area contributed by atoms with Crippen molar-refractivity contribution in [3.8, 4) is 0 Å². The molecule has 0 saturated carbocycles. The lowest BCUT2D eigenvalue weighted by atomic mass is 10.0. The van der Waals surface area contributed by atoms with Gasteiger partial charge in [0.1, 0.15) is 0 Å². The van der Waals surface area contributed by atoms with Gasteiger partial charge in [0.2, 0.25) is 0 Å². The average molecular weight is 311 g/mol. The van der Waals surface area contributed by atoms with Crippen molar-refractivity contribution in [2.45, 2.75) is 110 Å². The molecule has 0 aliphatic carbocycles. The molecule has 0 bridgehead atoms. The number of rotatable bonds is 17. The average Bonchev–Trinajstić information content (AvgIpc) is 2.50. The van der Waals surface area contributed by atoms with Gasteiger partial charge in [-0.2, -0.15) is 0 Å². The van der Waals surface area contributed by atoms with Gasteiger partial charge in [-0.25, -0.2) is 0 Å². The van der Waals surface area contributed by atoms with Gasteiger partial charge in [0.05, 0.1) is 0 Å². The van der Waals surface area contributed by atoms with Gasteiger partial charge in [0.15, 0.2) is 0 Å². The standard InChI is InChI=1S/C20H38O2/c1-2-3-4-5-6-7-8-9-10-11-12-13-14-15-16-17-18-19-20(21)22/h4-5H,2-3,6-19H2,1H3,(H,21,22). The van der Waals surface area contributed by atoms with E-state index in [1.165, 1.54) is 83.5 Å². The van der Waals surface area contributed by atoms with Crippen LogP contribution in [0.3, 0.4) is 0 Å². The monoisotopic (exact) mass is 310 g/mol. The van der Waals surface area contributed by atoms with Crippen molar-refractivity contribution < 1.29 is 9.90 Å². The second kappa shape index (κ2) is 18.3. The summed E-state index contributed by atoms with van der Waals surface area (Å²) in [7, 11) is 0. The molecular weight excluding hydrogens is 272 g/mol. The molecule has 0 heterocycles. The molecule has 0 aromatic rings. The summed E-state index contributed by atoms with van der Waals surface area (Å²) in [5, 5.41) is 8.54. The van der Waals surface area contributed by atoms with Crippen molar-refractivity contribution >= 4 is 5.97 Å². The van der Waals surface area contributed by atoms with Crippen molar-refractivity contribution in [1.29, 1.82) is 0 Å². The summed E-state index contributed by atoms with van der Waals surface area (Å²) in [6, 6.07) is 0. The first kappa shape index (κ1) is 21.2. The minimum atomic E-state index is -0.656. The van der Waals surface area contributed by atoms with Crippen molar-refractivity contribution in [3.05, 3.63) is 12.2 Å². The summed E-state index contributed by atoms with van der Waals surface area (Å²) >= 11 is 0. The molecule has 0 aromatic heterocycles. The minimum absolute atomic E-state index is 0.342. The van der Waals surface area contributed by atoms with Crippen LogP contribution >= 0.6 is 0 Å². The predicted octanol–water partition coefficient (Wildman–Crippen LogP) is 6.89. The predicted molar refractivity (Wildman–Crippen MR) is 96.3 cm³/mol. The smallest absolute Gasteiger partial charge is 0.303 e. The molecule has 0 aliphatic heterocycles. The Balaban J connectivity index is 3.01. The van der Waals surface area contributed by atoms with Gasteiger partial charge in [-0.15, -0.1) is 0 Å². The van der Waals surface area contributed by atoms with Crippen molar-refractivity contribution in [1.82, 2.24) is 0 Å². The third-order valence-electron chi connectivity index (χ3n) is 4.13. The van der Waals surface area contributed by atoms with Crippen LogP contribution < -0.4 is 0 Å². The molecule has 0 aliphatic rings. The summed E-state index contributed by atoms with van der Waals surface area (Å²) in [6.07, 6.45) is 24.2. The van der Waals surface area contributed by atoms with Crippen molar-refractivity contribution in [2.24, 2.45) is 0 Å². The van der Waals surface area contributed by atoms with Crippen molar-refractivity contribution in [2.75, 3.05) is 0 Å². The summed E-state index contributed by atoms with van der Waals surface area (Å²) in [6.45, 7) is 2.23. The fraction of sp³-hybridized carbons (Fsp3) is 0.850. The number of carboxylic acid groups (broad SMARTS) is 1. The van der Waals surface area contributed by atoms with E-state index >= 15 is 0 Å². The number of hydrogen-bond acceptors (Lipinski definition) is 1. The maximum atomic E-state index is 10.4. The molecule has 0 aromatic carbocycles. The van der Waals surface area contributed by atoms with Gasteiger partial charge in [0, 0.05) is 6.42 Å². The lowest BCUT2D eigenvalue weighted by Crippen LogP contribution is -1.93. The molecule has 0 radical (unpaired) electrons. The van der Waals surface area contributed by atoms with Crippen LogP contribution in [0.25, 0.3) is 0 Å². The Morgan fingerprint density at radius 2 is 1.09 bits per heavy atom. The van der Waals surface area contributed by atoms with Gasteiger partial charge in [0.25, 0.3) is 0 Å². The van der Waals surface area contributed by atoms with E-state index in [-0.39, 0.29) is 0 Å². The lowest BCUT2D eigenvalue weighted by Gasteiger charge is -2.02. The van der Waals surface area contributed by atoms with Gasteiger partial charge in [-0.05, 0) is 25.7 Å². The fourth-order valence-corrected chi connectivity index (χ4v) is 2.71. The first-order valence-electron chi connectivity index (χ1n) is 9.64. The van der Waals surface area contributed by atoms with Crippen LogP contribution in [0.1, 0.15) is 110 Å². The SMILES string of the molecule is CCCC=CCCCCCCCCCCCCCCC(=O)O. The lowest BCUT2D eigenvalue weighted by molar-refractivity contribution is -0.137. The first-order chi connectivity index (χ1) is 10.8. The molecular formula is C20H38O2. The molecule has 0 atom stereocenters. The molecule has 2 heteroatoms. The van der Waals surface area contributed by atoms with E-state index in [4.69, 9.17) is 5.11 Å². The van der Waals surface area contributed by atoms with Crippen LogP contribution in [0, 0.1) is 0 Å². The Morgan fingerprint density at radius 1 is 0.682 bits per heavy atom. The van der Waals surface area contributed by atoms with Crippen LogP contribution in [0.2, 0.25) is 0 Å². The molecule has 0 fully saturated rings. The highest BCUT2D eigenvalue weighted by molar-refractivity contribution is 5.66. The zero-order chi connectivity index (χ0) is 16.3. The summed E-state index contributed by atoms with van der Waals surface area (Å²) in [5.74, 6) is -0.656. The van der Waals surface area contributed by atoms with E-state index in [0.29, 0.717) is 6.42 Å². The zero-order valence-electron chi connectivity index (χ0n) is 14.8. The van der Waals surface area contributed by atoms with Crippen LogP contribution in [-0.2, 0) is 4.79 Å². The van der Waals surface area contributed by atoms with E-state index in [9.17, 15) is 4.79 Å². The quantitative estimate of drug-likeness (QED) is 0.234. The first-order valence-corrected chi connectivity index (χ1v) is 9.64. The van der Waals surface area contributed by atoms with Gasteiger partial charge < -0.3 is 5.11 Å². The number of carbonyl (C=O) groups is 1. The normalized spacial score (nSPS) is 11.3. The summed E-state index contributed by atoms with van der Waals surface area (Å²) < 4.78 is 0. The molecule has 130 valence electrons. The molecule has 0 amide bonds. The van der Waals surface area contributed by atoms with Crippen LogP contribution in [0.4, 0.5) is 0 Å². The third-order valence-corrected chi connectivity index (χ3v) is 4.13. The van der Waals surface area contributed by atoms with E-state index in [2.05, 4.69) is 19.1 Å². The Bertz CT molecular complexity index is 258. The highest BCUT2D eigenvalue weighted by Gasteiger charge is 1.96. The Hall–Kier alpha value is -0.790. The number of allylic oxidation sites excluding steroid dienone is 2. The molecule has 22 heavy (non-hydrogen) atoms. The minimum Gasteiger partial charge on any atom is -0.481 e. The second-order valence-electron chi connectivity index (χ2n) is 6.44. The van der Waals surface area contributed by atoms with E-state index < -0.39 is 5.97 Å². The molecule has 2 nitrogen and oxygen atoms in total. The van der Waals surface area contributed by atoms with Crippen LogP contribution in [-0.4, -0.2) is 11.1 Å². The van der Waals surface area contributed by atoms with Crippen LogP contribution in [0.15, 0.2) is 12.2 Å². The largest absolute Gasteiger partial charge is 0.481 e. The Labute approximate surface area is 138 Å². The number of aliphatic carboxylic acids is 1. The second-order valence-corrected chi connectivity index (χ2v) is 6.44. The Morgan fingerprint density at radius 3 is 1.55 bits per heavy atom. The Kier molecular flexibility index (Phi) is 17.6. The van der Waals surface area contributed by atoms with E-state index in [1.807, 2.05) is 0 Å². The molecule has 0 rings (SSSR count). The van der Waals surface area contributed by atoms with Gasteiger partial charge >= 0.3 is 5.97 Å². The van der Waals surface area contributed by atoms with Crippen LogP contribution in [0.5, 0.6) is 0 Å². The molecule has 0 unspecified atom stereocenters. The third kappa shape index (κ3) is 19.2. The zero-order valence-corrected chi connectivity index (χ0v) is 14.8.